The van der Waals surface area contributed by atoms with Gasteiger partial charge in [-0.05, 0) is 38.8 Å². The number of fused-ring (bicyclic) bond motifs is 2. The summed E-state index contributed by atoms with van der Waals surface area (Å²) < 4.78 is 3.41. The minimum absolute atomic E-state index is 0.862. The van der Waals surface area contributed by atoms with E-state index in [0.29, 0.717) is 0 Å². The summed E-state index contributed by atoms with van der Waals surface area (Å²) in [6, 6.07) is 25.7. The molecule has 1 heterocycles. The van der Waals surface area contributed by atoms with E-state index in [1.54, 1.807) is 0 Å². The highest BCUT2D eigenvalue weighted by Crippen LogP contribution is 2.20. The number of hydrogen-bond acceptors (Lipinski definition) is 0. The van der Waals surface area contributed by atoms with Crippen molar-refractivity contribution in [2.45, 2.75) is 6.54 Å². The van der Waals surface area contributed by atoms with Gasteiger partial charge in [-0.15, -0.1) is 0 Å². The fourth-order valence-corrected chi connectivity index (χ4v) is 3.51. The number of para-hydroxylation sites is 1. The maximum atomic E-state index is 3.63. The molecule has 1 nitrogen and oxygen atoms in total. The Hall–Kier alpha value is -2.19. The third-order valence-corrected chi connectivity index (χ3v) is 4.47. The summed E-state index contributed by atoms with van der Waals surface area (Å²) in [4.78, 5) is 0. The third kappa shape index (κ3) is 2.40. The van der Waals surface area contributed by atoms with Crippen molar-refractivity contribution in [1.29, 1.82) is 0 Å². The zero-order valence-electron chi connectivity index (χ0n) is 12.0. The van der Waals surface area contributed by atoms with Gasteiger partial charge in [-0.25, -0.2) is 0 Å². The summed E-state index contributed by atoms with van der Waals surface area (Å²) in [6.45, 7) is 0.862. The summed E-state index contributed by atoms with van der Waals surface area (Å²) in [6.07, 6.45) is 2.16. The molecule has 0 radical (unpaired) electrons. The Kier molecular flexibility index (Phi) is 3.39. The third-order valence-electron chi connectivity index (χ3n) is 4.04. The Bertz CT molecular complexity index is 970. The fourth-order valence-electron chi connectivity index (χ4n) is 3.02. The first-order chi connectivity index (χ1) is 10.8. The second-order valence-electron chi connectivity index (χ2n) is 5.48. The van der Waals surface area contributed by atoms with Crippen LogP contribution in [-0.2, 0) is 6.54 Å². The molecule has 0 aliphatic carbocycles. The maximum absolute atomic E-state index is 3.63. The molecule has 0 spiro atoms. The summed E-state index contributed by atoms with van der Waals surface area (Å²) in [7, 11) is 0. The van der Waals surface area contributed by atoms with Gasteiger partial charge in [-0.2, -0.15) is 4.57 Å². The van der Waals surface area contributed by atoms with E-state index in [0.717, 1.165) is 11.0 Å². The number of aromatic nitrogens is 1. The van der Waals surface area contributed by atoms with Gasteiger partial charge in [-0.1, -0.05) is 54.6 Å². The van der Waals surface area contributed by atoms with Crippen LogP contribution < -0.4 is 4.57 Å². The van der Waals surface area contributed by atoms with Crippen LogP contribution in [0.3, 0.4) is 0 Å². The zero-order chi connectivity index (χ0) is 14.9. The van der Waals surface area contributed by atoms with Gasteiger partial charge in [0.2, 0.25) is 5.52 Å². The molecule has 3 aromatic carbocycles. The lowest BCUT2D eigenvalue weighted by molar-refractivity contribution is -0.662. The monoisotopic (exact) mass is 348 g/mol. The Morgan fingerprint density at radius 3 is 2.41 bits per heavy atom. The lowest BCUT2D eigenvalue weighted by Crippen LogP contribution is -2.35. The molecule has 4 rings (SSSR count). The average molecular weight is 349 g/mol. The Labute approximate surface area is 138 Å². The second-order valence-corrected chi connectivity index (χ2v) is 6.40. The number of benzene rings is 3. The second kappa shape index (κ2) is 5.54. The first-order valence-electron chi connectivity index (χ1n) is 7.36. The van der Waals surface area contributed by atoms with Crippen LogP contribution in [0, 0.1) is 0 Å². The molecule has 0 saturated carbocycles. The molecule has 22 heavy (non-hydrogen) atoms. The van der Waals surface area contributed by atoms with E-state index in [-0.39, 0.29) is 0 Å². The van der Waals surface area contributed by atoms with E-state index in [2.05, 4.69) is 99.5 Å². The highest BCUT2D eigenvalue weighted by molar-refractivity contribution is 9.10. The van der Waals surface area contributed by atoms with Gasteiger partial charge in [-0.3, -0.25) is 0 Å². The van der Waals surface area contributed by atoms with E-state index in [9.17, 15) is 0 Å². The van der Waals surface area contributed by atoms with E-state index in [4.69, 9.17) is 0 Å². The fraction of sp³-hybridized carbons (Fsp3) is 0.0500. The highest BCUT2D eigenvalue weighted by atomic mass is 79.9. The summed E-state index contributed by atoms with van der Waals surface area (Å²) in [5, 5.41) is 3.86. The van der Waals surface area contributed by atoms with Gasteiger partial charge >= 0.3 is 0 Å². The van der Waals surface area contributed by atoms with Gasteiger partial charge in [0, 0.05) is 17.0 Å². The SMILES string of the molecule is Brc1cc2ccccc2[n+](Cc2cccc3ccccc23)c1. The van der Waals surface area contributed by atoms with Crippen LogP contribution in [0.1, 0.15) is 5.56 Å². The molecule has 1 aromatic heterocycles. The predicted molar refractivity (Wildman–Crippen MR) is 94.9 cm³/mol. The van der Waals surface area contributed by atoms with Crippen molar-refractivity contribution < 1.29 is 4.57 Å². The van der Waals surface area contributed by atoms with Gasteiger partial charge < -0.3 is 0 Å². The molecular weight excluding hydrogens is 334 g/mol. The van der Waals surface area contributed by atoms with E-state index >= 15 is 0 Å². The summed E-state index contributed by atoms with van der Waals surface area (Å²) in [5.41, 5.74) is 2.59. The van der Waals surface area contributed by atoms with Crippen LogP contribution in [0.2, 0.25) is 0 Å². The largest absolute Gasteiger partial charge is 0.212 e. The van der Waals surface area contributed by atoms with Crippen molar-refractivity contribution in [2.75, 3.05) is 0 Å². The number of nitrogens with zero attached hydrogens (tertiary/aromatic N) is 1. The number of rotatable bonds is 2. The number of halogens is 1. The minimum atomic E-state index is 0.862. The quantitative estimate of drug-likeness (QED) is 0.444. The average Bonchev–Trinajstić information content (AvgIpc) is 2.55. The van der Waals surface area contributed by atoms with E-state index < -0.39 is 0 Å². The topological polar surface area (TPSA) is 3.88 Å². The molecule has 0 atom stereocenters. The summed E-state index contributed by atoms with van der Waals surface area (Å²) in [5.74, 6) is 0. The first kappa shape index (κ1) is 13.5. The van der Waals surface area contributed by atoms with Crippen LogP contribution in [0.5, 0.6) is 0 Å². The van der Waals surface area contributed by atoms with Crippen LogP contribution in [0.4, 0.5) is 0 Å². The van der Waals surface area contributed by atoms with E-state index in [1.165, 1.54) is 27.2 Å². The van der Waals surface area contributed by atoms with Crippen LogP contribution in [-0.4, -0.2) is 0 Å². The standard InChI is InChI=1S/C20H15BrN/c21-18-12-16-7-2-4-11-20(16)22(14-18)13-17-9-5-8-15-6-1-3-10-19(15)17/h1-12,14H,13H2/q+1. The minimum Gasteiger partial charge on any atom is -0.193 e. The molecule has 0 fully saturated rings. The lowest BCUT2D eigenvalue weighted by Gasteiger charge is -2.06. The molecular formula is C20H15BrN+. The molecule has 0 saturated heterocycles. The molecule has 0 aliphatic heterocycles. The highest BCUT2D eigenvalue weighted by Gasteiger charge is 2.12. The number of pyridine rings is 1. The smallest absolute Gasteiger partial charge is 0.193 e. The maximum Gasteiger partial charge on any atom is 0.212 e. The molecule has 0 N–H and O–H groups in total. The lowest BCUT2D eigenvalue weighted by atomic mass is 10.0. The van der Waals surface area contributed by atoms with Crippen molar-refractivity contribution in [3.05, 3.63) is 89.0 Å². The molecule has 0 bridgehead atoms. The van der Waals surface area contributed by atoms with Crippen molar-refractivity contribution in [2.24, 2.45) is 0 Å². The van der Waals surface area contributed by atoms with Crippen LogP contribution in [0.15, 0.2) is 83.5 Å². The zero-order valence-corrected chi connectivity index (χ0v) is 13.6. The molecule has 4 aromatic rings. The normalized spacial score (nSPS) is 11.1. The van der Waals surface area contributed by atoms with Gasteiger partial charge in [0.1, 0.15) is 0 Å². The molecule has 2 heteroatoms. The van der Waals surface area contributed by atoms with E-state index in [1.807, 2.05) is 0 Å². The van der Waals surface area contributed by atoms with Crippen molar-refractivity contribution in [1.82, 2.24) is 0 Å². The Morgan fingerprint density at radius 2 is 1.50 bits per heavy atom. The van der Waals surface area contributed by atoms with Crippen LogP contribution >= 0.6 is 15.9 Å². The van der Waals surface area contributed by atoms with Gasteiger partial charge in [0.15, 0.2) is 12.7 Å². The Morgan fingerprint density at radius 1 is 0.773 bits per heavy atom. The molecule has 0 aliphatic rings. The summed E-state index contributed by atoms with van der Waals surface area (Å²) >= 11 is 3.63. The van der Waals surface area contributed by atoms with Gasteiger partial charge in [0.25, 0.3) is 0 Å². The Balaban J connectivity index is 1.90. The van der Waals surface area contributed by atoms with Gasteiger partial charge in [0.05, 0.1) is 4.47 Å². The van der Waals surface area contributed by atoms with Crippen molar-refractivity contribution >= 4 is 37.6 Å². The van der Waals surface area contributed by atoms with Crippen LogP contribution in [0.25, 0.3) is 21.7 Å². The first-order valence-corrected chi connectivity index (χ1v) is 8.15. The molecule has 0 unspecified atom stereocenters. The van der Waals surface area contributed by atoms with Crippen molar-refractivity contribution in [3.8, 4) is 0 Å². The number of hydrogen-bond donors (Lipinski definition) is 0. The van der Waals surface area contributed by atoms with Crippen molar-refractivity contribution in [3.63, 3.8) is 0 Å². The molecule has 0 amide bonds. The molecule has 106 valence electrons. The predicted octanol–water partition coefficient (Wildman–Crippen LogP) is 5.09.